The monoisotopic (exact) mass is 332 g/mol. The van der Waals surface area contributed by atoms with E-state index in [4.69, 9.17) is 5.73 Å². The zero-order valence-electron chi connectivity index (χ0n) is 12.2. The Bertz CT molecular complexity index is 809. The molecule has 0 aliphatic heterocycles. The Kier molecular flexibility index (Phi) is 4.44. The van der Waals surface area contributed by atoms with Gasteiger partial charge in [0.1, 0.15) is 0 Å². The van der Waals surface area contributed by atoms with Crippen molar-refractivity contribution in [3.63, 3.8) is 0 Å². The summed E-state index contributed by atoms with van der Waals surface area (Å²) >= 11 is 2.68. The Balaban J connectivity index is 1.84. The molecular formula is C15H16N4OS2. The quantitative estimate of drug-likeness (QED) is 0.553. The van der Waals surface area contributed by atoms with Gasteiger partial charge in [0.2, 0.25) is 5.13 Å². The molecule has 2 N–H and O–H groups in total. The molecular weight excluding hydrogens is 316 g/mol. The topological polar surface area (TPSA) is 73.8 Å². The highest BCUT2D eigenvalue weighted by Gasteiger charge is 2.15. The largest absolute Gasteiger partial charge is 0.374 e. The molecule has 3 aromatic rings. The van der Waals surface area contributed by atoms with Crippen molar-refractivity contribution >= 4 is 44.9 Å². The number of nitrogens with zero attached hydrogens (tertiary/aromatic N) is 3. The van der Waals surface area contributed by atoms with Crippen molar-refractivity contribution in [2.24, 2.45) is 0 Å². The molecule has 0 unspecified atom stereocenters. The van der Waals surface area contributed by atoms with Crippen molar-refractivity contribution in [1.29, 1.82) is 0 Å². The van der Waals surface area contributed by atoms with Crippen LogP contribution in [0.3, 0.4) is 0 Å². The molecule has 0 aliphatic carbocycles. The molecule has 1 aromatic carbocycles. The van der Waals surface area contributed by atoms with Crippen LogP contribution in [0.5, 0.6) is 0 Å². The van der Waals surface area contributed by atoms with Gasteiger partial charge in [0.05, 0.1) is 5.75 Å². The molecule has 0 saturated carbocycles. The second-order valence-corrected chi connectivity index (χ2v) is 7.10. The van der Waals surface area contributed by atoms with Crippen LogP contribution in [0.25, 0.3) is 10.9 Å². The first-order chi connectivity index (χ1) is 10.7. The van der Waals surface area contributed by atoms with Gasteiger partial charge in [-0.1, -0.05) is 48.2 Å². The van der Waals surface area contributed by atoms with E-state index in [1.807, 2.05) is 24.4 Å². The fraction of sp³-hybridized carbons (Fsp3) is 0.267. The number of aromatic nitrogens is 3. The molecule has 0 amide bonds. The van der Waals surface area contributed by atoms with Gasteiger partial charge in [-0.3, -0.25) is 4.79 Å². The minimum absolute atomic E-state index is 0.102. The fourth-order valence-electron chi connectivity index (χ4n) is 2.38. The average molecular weight is 332 g/mol. The van der Waals surface area contributed by atoms with Crippen LogP contribution in [0.2, 0.25) is 0 Å². The van der Waals surface area contributed by atoms with E-state index in [1.165, 1.54) is 23.1 Å². The van der Waals surface area contributed by atoms with E-state index in [2.05, 4.69) is 27.8 Å². The van der Waals surface area contributed by atoms with Gasteiger partial charge in [0.15, 0.2) is 10.1 Å². The number of benzene rings is 1. The molecule has 7 heteroatoms. The van der Waals surface area contributed by atoms with Gasteiger partial charge >= 0.3 is 0 Å². The highest BCUT2D eigenvalue weighted by atomic mass is 32.2. The van der Waals surface area contributed by atoms with Gasteiger partial charge in [-0.2, -0.15) is 0 Å². The average Bonchev–Trinajstić information content (AvgIpc) is 3.10. The number of aryl methyl sites for hydroxylation is 1. The molecule has 0 fully saturated rings. The Morgan fingerprint density at radius 1 is 1.36 bits per heavy atom. The van der Waals surface area contributed by atoms with Gasteiger partial charge < -0.3 is 10.3 Å². The van der Waals surface area contributed by atoms with Crippen LogP contribution < -0.4 is 5.73 Å². The second-order valence-electron chi connectivity index (χ2n) is 4.87. The number of anilines is 1. The number of carbonyl (C=O) groups excluding carboxylic acids is 1. The van der Waals surface area contributed by atoms with E-state index in [9.17, 15) is 4.79 Å². The SMILES string of the molecule is CCCn1cc(C(=O)CSc2nnc(N)s2)c2ccccc21. The third-order valence-corrected chi connectivity index (χ3v) is 5.19. The predicted molar refractivity (Wildman–Crippen MR) is 91.6 cm³/mol. The van der Waals surface area contributed by atoms with Crippen molar-refractivity contribution < 1.29 is 4.79 Å². The lowest BCUT2D eigenvalue weighted by molar-refractivity contribution is 0.102. The number of carbonyl (C=O) groups is 1. The molecule has 0 radical (unpaired) electrons. The van der Waals surface area contributed by atoms with E-state index < -0.39 is 0 Å². The molecule has 3 rings (SSSR count). The minimum atomic E-state index is 0.102. The molecule has 2 aromatic heterocycles. The number of Topliss-reactive ketones (excluding diaryl/α,β-unsaturated/α-hetero) is 1. The number of hydrogen-bond donors (Lipinski definition) is 1. The highest BCUT2D eigenvalue weighted by Crippen LogP contribution is 2.27. The Labute approximate surface area is 136 Å². The molecule has 0 saturated heterocycles. The Morgan fingerprint density at radius 2 is 2.18 bits per heavy atom. The maximum atomic E-state index is 12.5. The maximum absolute atomic E-state index is 12.5. The van der Waals surface area contributed by atoms with Crippen molar-refractivity contribution in [1.82, 2.24) is 14.8 Å². The van der Waals surface area contributed by atoms with Gasteiger partial charge in [-0.05, 0) is 12.5 Å². The summed E-state index contributed by atoms with van der Waals surface area (Å²) in [6.07, 6.45) is 3.00. The number of para-hydroxylation sites is 1. The van der Waals surface area contributed by atoms with Crippen LogP contribution in [-0.2, 0) is 6.54 Å². The maximum Gasteiger partial charge on any atom is 0.203 e. The van der Waals surface area contributed by atoms with Crippen molar-refractivity contribution in [3.8, 4) is 0 Å². The summed E-state index contributed by atoms with van der Waals surface area (Å²) in [5, 5.41) is 9.12. The summed E-state index contributed by atoms with van der Waals surface area (Å²) in [7, 11) is 0. The molecule has 0 spiro atoms. The molecule has 0 bridgehead atoms. The zero-order valence-corrected chi connectivity index (χ0v) is 13.8. The van der Waals surface area contributed by atoms with E-state index in [1.54, 1.807) is 0 Å². The van der Waals surface area contributed by atoms with Gasteiger partial charge in [-0.25, -0.2) is 0 Å². The fourth-order valence-corrected chi connectivity index (χ4v) is 3.90. The first-order valence-corrected chi connectivity index (χ1v) is 8.82. The van der Waals surface area contributed by atoms with Gasteiger partial charge in [0.25, 0.3) is 0 Å². The molecule has 0 atom stereocenters. The predicted octanol–water partition coefficient (Wildman–Crippen LogP) is 3.46. The van der Waals surface area contributed by atoms with E-state index in [0.29, 0.717) is 10.9 Å². The van der Waals surface area contributed by atoms with E-state index >= 15 is 0 Å². The molecule has 2 heterocycles. The third-order valence-electron chi connectivity index (χ3n) is 3.30. The van der Waals surface area contributed by atoms with Crippen LogP contribution in [-0.4, -0.2) is 26.3 Å². The Hall–Kier alpha value is -1.86. The van der Waals surface area contributed by atoms with Crippen LogP contribution in [0.15, 0.2) is 34.8 Å². The number of hydrogen-bond acceptors (Lipinski definition) is 6. The molecule has 114 valence electrons. The summed E-state index contributed by atoms with van der Waals surface area (Å²) < 4.78 is 2.87. The summed E-state index contributed by atoms with van der Waals surface area (Å²) in [5.41, 5.74) is 7.43. The standard InChI is InChI=1S/C15H16N4OS2/c1-2-7-19-8-11(10-5-3-4-6-12(10)19)13(20)9-21-15-18-17-14(16)22-15/h3-6,8H,2,7,9H2,1H3,(H2,16,17). The molecule has 22 heavy (non-hydrogen) atoms. The lowest BCUT2D eigenvalue weighted by Crippen LogP contribution is -2.01. The van der Waals surface area contributed by atoms with Crippen molar-refractivity contribution in [2.45, 2.75) is 24.2 Å². The zero-order chi connectivity index (χ0) is 15.5. The molecule has 5 nitrogen and oxygen atoms in total. The first-order valence-electron chi connectivity index (χ1n) is 7.02. The van der Waals surface area contributed by atoms with Gasteiger partial charge in [0, 0.05) is 29.2 Å². The Morgan fingerprint density at radius 3 is 2.91 bits per heavy atom. The summed E-state index contributed by atoms with van der Waals surface area (Å²) in [5.74, 6) is 0.444. The van der Waals surface area contributed by atoms with Crippen LogP contribution >= 0.6 is 23.1 Å². The van der Waals surface area contributed by atoms with E-state index in [0.717, 1.165) is 33.8 Å². The summed E-state index contributed by atoms with van der Waals surface area (Å²) in [6, 6.07) is 8.03. The minimum Gasteiger partial charge on any atom is -0.374 e. The molecule has 0 aliphatic rings. The highest BCUT2D eigenvalue weighted by molar-refractivity contribution is 8.01. The lowest BCUT2D eigenvalue weighted by Gasteiger charge is -2.00. The summed E-state index contributed by atoms with van der Waals surface area (Å²) in [6.45, 7) is 3.04. The van der Waals surface area contributed by atoms with Crippen LogP contribution in [0.1, 0.15) is 23.7 Å². The van der Waals surface area contributed by atoms with E-state index in [-0.39, 0.29) is 5.78 Å². The number of fused-ring (bicyclic) bond motifs is 1. The van der Waals surface area contributed by atoms with Crippen molar-refractivity contribution in [3.05, 3.63) is 36.0 Å². The normalized spacial score (nSPS) is 11.1. The first kappa shape index (κ1) is 15.1. The number of thioether (sulfide) groups is 1. The summed E-state index contributed by atoms with van der Waals surface area (Å²) in [4.78, 5) is 12.5. The third kappa shape index (κ3) is 3.00. The lowest BCUT2D eigenvalue weighted by atomic mass is 10.1. The smallest absolute Gasteiger partial charge is 0.203 e. The second kappa shape index (κ2) is 6.50. The van der Waals surface area contributed by atoms with Crippen LogP contribution in [0, 0.1) is 0 Å². The number of rotatable bonds is 6. The van der Waals surface area contributed by atoms with Gasteiger partial charge in [-0.15, -0.1) is 10.2 Å². The number of nitrogen functional groups attached to an aromatic ring is 1. The number of ketones is 1. The van der Waals surface area contributed by atoms with Crippen molar-refractivity contribution in [2.75, 3.05) is 11.5 Å². The number of nitrogens with two attached hydrogens (primary N) is 1. The van der Waals surface area contributed by atoms with Crippen LogP contribution in [0.4, 0.5) is 5.13 Å².